The minimum atomic E-state index is -0.235. The zero-order valence-corrected chi connectivity index (χ0v) is 11.5. The van der Waals surface area contributed by atoms with E-state index in [-0.39, 0.29) is 5.82 Å². The predicted octanol–water partition coefficient (Wildman–Crippen LogP) is 2.71. The first-order valence-electron chi connectivity index (χ1n) is 7.35. The van der Waals surface area contributed by atoms with Crippen molar-refractivity contribution in [2.24, 2.45) is 5.92 Å². The van der Waals surface area contributed by atoms with Crippen molar-refractivity contribution in [1.82, 2.24) is 10.3 Å². The Kier molecular flexibility index (Phi) is 3.69. The van der Waals surface area contributed by atoms with Crippen molar-refractivity contribution in [3.63, 3.8) is 0 Å². The number of anilines is 1. The molecule has 1 saturated carbocycles. The number of aromatic nitrogens is 1. The van der Waals surface area contributed by atoms with Crippen molar-refractivity contribution in [3.05, 3.63) is 23.6 Å². The smallest absolute Gasteiger partial charge is 0.141 e. The Balaban J connectivity index is 1.74. The van der Waals surface area contributed by atoms with Gasteiger partial charge in [-0.2, -0.15) is 0 Å². The molecule has 4 heteroatoms. The first-order valence-corrected chi connectivity index (χ1v) is 7.35. The van der Waals surface area contributed by atoms with Crippen LogP contribution >= 0.6 is 0 Å². The normalized spacial score (nSPS) is 20.8. The second-order valence-electron chi connectivity index (χ2n) is 5.96. The third kappa shape index (κ3) is 3.24. The zero-order valence-electron chi connectivity index (χ0n) is 11.5. The van der Waals surface area contributed by atoms with Gasteiger partial charge in [0.1, 0.15) is 11.6 Å². The van der Waals surface area contributed by atoms with Crippen molar-refractivity contribution in [2.75, 3.05) is 18.0 Å². The van der Waals surface area contributed by atoms with Crippen LogP contribution in [0.3, 0.4) is 0 Å². The molecule has 1 aliphatic heterocycles. The lowest BCUT2D eigenvalue weighted by molar-refractivity contribution is 0.435. The highest BCUT2D eigenvalue weighted by atomic mass is 19.1. The molecule has 0 amide bonds. The Labute approximate surface area is 114 Å². The lowest BCUT2D eigenvalue weighted by Gasteiger charge is -2.32. The van der Waals surface area contributed by atoms with Gasteiger partial charge in [-0.15, -0.1) is 0 Å². The number of halogens is 1. The van der Waals surface area contributed by atoms with Crippen LogP contribution in [0.1, 0.15) is 38.2 Å². The Hall–Kier alpha value is -1.16. The topological polar surface area (TPSA) is 28.2 Å². The summed E-state index contributed by atoms with van der Waals surface area (Å²) in [5, 5.41) is 3.46. The molecule has 0 unspecified atom stereocenters. The lowest BCUT2D eigenvalue weighted by Crippen LogP contribution is -2.34. The largest absolute Gasteiger partial charge is 0.356 e. The summed E-state index contributed by atoms with van der Waals surface area (Å²) >= 11 is 0. The number of hydrogen-bond acceptors (Lipinski definition) is 3. The van der Waals surface area contributed by atoms with Crippen LogP contribution in [0.5, 0.6) is 0 Å². The third-order valence-electron chi connectivity index (χ3n) is 4.15. The van der Waals surface area contributed by atoms with Gasteiger partial charge in [0, 0.05) is 31.2 Å². The molecule has 0 spiro atoms. The molecule has 19 heavy (non-hydrogen) atoms. The molecule has 0 atom stereocenters. The molecule has 0 radical (unpaired) electrons. The number of nitrogens with one attached hydrogen (secondary N) is 1. The summed E-state index contributed by atoms with van der Waals surface area (Å²) in [6.07, 6.45) is 6.25. The molecular formula is C15H22FN3. The van der Waals surface area contributed by atoms with Gasteiger partial charge in [0.05, 0.1) is 6.20 Å². The van der Waals surface area contributed by atoms with Crippen molar-refractivity contribution in [2.45, 2.75) is 45.2 Å². The fourth-order valence-electron chi connectivity index (χ4n) is 2.65. The highest BCUT2D eigenvalue weighted by Gasteiger charge is 2.23. The Morgan fingerprint density at radius 3 is 2.74 bits per heavy atom. The summed E-state index contributed by atoms with van der Waals surface area (Å²) in [5.74, 6) is 1.54. The van der Waals surface area contributed by atoms with Gasteiger partial charge in [-0.3, -0.25) is 0 Å². The van der Waals surface area contributed by atoms with E-state index < -0.39 is 0 Å². The summed E-state index contributed by atoms with van der Waals surface area (Å²) < 4.78 is 13.4. The molecule has 3 nitrogen and oxygen atoms in total. The summed E-state index contributed by atoms with van der Waals surface area (Å²) in [6.45, 7) is 5.11. The van der Waals surface area contributed by atoms with Crippen LogP contribution in [-0.2, 0) is 6.54 Å². The van der Waals surface area contributed by atoms with Crippen LogP contribution in [0, 0.1) is 11.7 Å². The Morgan fingerprint density at radius 1 is 1.32 bits per heavy atom. The quantitative estimate of drug-likeness (QED) is 0.905. The molecule has 1 saturated heterocycles. The number of nitrogens with zero attached hydrogens (tertiary/aromatic N) is 2. The van der Waals surface area contributed by atoms with Crippen molar-refractivity contribution >= 4 is 5.82 Å². The summed E-state index contributed by atoms with van der Waals surface area (Å²) in [5.41, 5.74) is 1.00. The Morgan fingerprint density at radius 2 is 2.05 bits per heavy atom. The highest BCUT2D eigenvalue weighted by molar-refractivity contribution is 5.47. The number of piperidine rings is 1. The fraction of sp³-hybridized carbons (Fsp3) is 0.667. The van der Waals surface area contributed by atoms with Gasteiger partial charge in [-0.25, -0.2) is 9.37 Å². The van der Waals surface area contributed by atoms with E-state index >= 15 is 0 Å². The molecule has 2 fully saturated rings. The molecular weight excluding hydrogens is 241 g/mol. The lowest BCUT2D eigenvalue weighted by atomic mass is 9.99. The molecule has 104 valence electrons. The molecule has 3 rings (SSSR count). The zero-order chi connectivity index (χ0) is 13.2. The number of pyridine rings is 1. The minimum absolute atomic E-state index is 0.235. The fourth-order valence-corrected chi connectivity index (χ4v) is 2.65. The van der Waals surface area contributed by atoms with Gasteiger partial charge in [0.15, 0.2) is 0 Å². The van der Waals surface area contributed by atoms with E-state index in [0.29, 0.717) is 6.04 Å². The van der Waals surface area contributed by atoms with Crippen LogP contribution in [0.15, 0.2) is 12.3 Å². The summed E-state index contributed by atoms with van der Waals surface area (Å²) in [4.78, 5) is 6.65. The average Bonchev–Trinajstić information content (AvgIpc) is 3.22. The van der Waals surface area contributed by atoms with Crippen molar-refractivity contribution in [3.8, 4) is 0 Å². The van der Waals surface area contributed by atoms with Crippen LogP contribution in [-0.4, -0.2) is 24.1 Å². The van der Waals surface area contributed by atoms with Gasteiger partial charge in [-0.05, 0) is 37.7 Å². The second-order valence-corrected chi connectivity index (χ2v) is 5.96. The van der Waals surface area contributed by atoms with Gasteiger partial charge in [0.25, 0.3) is 0 Å². The summed E-state index contributed by atoms with van der Waals surface area (Å²) in [7, 11) is 0. The van der Waals surface area contributed by atoms with Crippen molar-refractivity contribution < 1.29 is 4.39 Å². The van der Waals surface area contributed by atoms with Crippen LogP contribution in [0.25, 0.3) is 0 Å². The number of hydrogen-bond donors (Lipinski definition) is 1. The van der Waals surface area contributed by atoms with Gasteiger partial charge >= 0.3 is 0 Å². The van der Waals surface area contributed by atoms with E-state index in [2.05, 4.69) is 22.1 Å². The first kappa shape index (κ1) is 12.9. The van der Waals surface area contributed by atoms with E-state index in [9.17, 15) is 4.39 Å². The molecule has 0 aromatic carbocycles. The summed E-state index contributed by atoms with van der Waals surface area (Å²) in [6, 6.07) is 2.27. The van der Waals surface area contributed by atoms with Crippen molar-refractivity contribution in [1.29, 1.82) is 0 Å². The van der Waals surface area contributed by atoms with E-state index in [0.717, 1.165) is 36.9 Å². The van der Waals surface area contributed by atoms with E-state index in [4.69, 9.17) is 0 Å². The van der Waals surface area contributed by atoms with E-state index in [1.807, 2.05) is 0 Å². The first-order chi connectivity index (χ1) is 9.22. The van der Waals surface area contributed by atoms with Gasteiger partial charge in [-0.1, -0.05) is 6.92 Å². The maximum Gasteiger partial charge on any atom is 0.141 e. The maximum absolute atomic E-state index is 13.4. The molecule has 0 bridgehead atoms. The molecule has 1 aliphatic carbocycles. The van der Waals surface area contributed by atoms with E-state index in [1.54, 1.807) is 6.07 Å². The highest BCUT2D eigenvalue weighted by Crippen LogP contribution is 2.26. The van der Waals surface area contributed by atoms with Crippen LogP contribution in [0.2, 0.25) is 0 Å². The predicted molar refractivity (Wildman–Crippen MR) is 74.7 cm³/mol. The van der Waals surface area contributed by atoms with E-state index in [1.165, 1.54) is 31.9 Å². The molecule has 1 aromatic rings. The SMILES string of the molecule is CC1CCN(c2ncc(F)cc2CNC2CC2)CC1. The maximum atomic E-state index is 13.4. The molecule has 2 aliphatic rings. The molecule has 2 heterocycles. The second kappa shape index (κ2) is 5.45. The molecule has 1 aromatic heterocycles. The number of rotatable bonds is 4. The molecule has 1 N–H and O–H groups in total. The third-order valence-corrected chi connectivity index (χ3v) is 4.15. The van der Waals surface area contributed by atoms with Gasteiger partial charge in [0.2, 0.25) is 0 Å². The minimum Gasteiger partial charge on any atom is -0.356 e. The van der Waals surface area contributed by atoms with Crippen LogP contribution < -0.4 is 10.2 Å². The monoisotopic (exact) mass is 263 g/mol. The average molecular weight is 263 g/mol. The Bertz CT molecular complexity index is 437. The standard InChI is InChI=1S/C15H22FN3/c1-11-4-6-19(7-5-11)15-12(8-13(16)10-18-15)9-17-14-2-3-14/h8,10-11,14,17H,2-7,9H2,1H3. The van der Waals surface area contributed by atoms with Gasteiger partial charge < -0.3 is 10.2 Å². The van der Waals surface area contributed by atoms with Crippen LogP contribution in [0.4, 0.5) is 10.2 Å².